The molecular formula is C15H13Cl2N3OS. The fraction of sp³-hybridized carbons (Fsp3) is 0.200. The lowest BCUT2D eigenvalue weighted by molar-refractivity contribution is 0.0954. The first-order valence-corrected chi connectivity index (χ1v) is 8.34. The molecule has 1 amide bonds. The Bertz CT molecular complexity index is 841. The molecule has 2 aromatic heterocycles. The number of nitrogens with one attached hydrogen (secondary N) is 1. The fourth-order valence-electron chi connectivity index (χ4n) is 2.12. The molecule has 0 fully saturated rings. The lowest BCUT2D eigenvalue weighted by atomic mass is 10.2. The van der Waals surface area contributed by atoms with Gasteiger partial charge in [-0.3, -0.25) is 9.48 Å². The van der Waals surface area contributed by atoms with E-state index in [4.69, 9.17) is 23.2 Å². The van der Waals surface area contributed by atoms with E-state index in [-0.39, 0.29) is 12.5 Å². The van der Waals surface area contributed by atoms with E-state index in [9.17, 15) is 4.79 Å². The summed E-state index contributed by atoms with van der Waals surface area (Å²) in [4.78, 5) is 12.8. The van der Waals surface area contributed by atoms with Crippen molar-refractivity contribution in [2.24, 2.45) is 0 Å². The highest BCUT2D eigenvalue weighted by Crippen LogP contribution is 2.35. The molecule has 1 aromatic carbocycles. The van der Waals surface area contributed by atoms with Crippen molar-refractivity contribution in [2.75, 3.05) is 0 Å². The molecule has 114 valence electrons. The van der Waals surface area contributed by atoms with Crippen LogP contribution in [0.15, 0.2) is 30.5 Å². The normalized spacial score (nSPS) is 11.0. The van der Waals surface area contributed by atoms with Gasteiger partial charge in [0.2, 0.25) is 0 Å². The lowest BCUT2D eigenvalue weighted by Crippen LogP contribution is -2.22. The molecule has 0 saturated carbocycles. The van der Waals surface area contributed by atoms with Gasteiger partial charge in [0, 0.05) is 22.8 Å². The third-order valence-electron chi connectivity index (χ3n) is 3.27. The molecule has 0 unspecified atom stereocenters. The number of fused-ring (bicyclic) bond motifs is 1. The summed E-state index contributed by atoms with van der Waals surface area (Å²) in [6.07, 6.45) is 1.75. The van der Waals surface area contributed by atoms with E-state index in [1.54, 1.807) is 10.9 Å². The number of rotatable bonds is 4. The smallest absolute Gasteiger partial charge is 0.263 e. The number of thiophene rings is 1. The van der Waals surface area contributed by atoms with E-state index in [2.05, 4.69) is 10.4 Å². The minimum absolute atomic E-state index is 0.215. The predicted octanol–water partition coefficient (Wildman–Crippen LogP) is 4.35. The lowest BCUT2D eigenvalue weighted by Gasteiger charge is -2.02. The van der Waals surface area contributed by atoms with Crippen LogP contribution in [0.2, 0.25) is 10.0 Å². The van der Waals surface area contributed by atoms with Crippen LogP contribution in [0.3, 0.4) is 0 Å². The summed E-state index contributed by atoms with van der Waals surface area (Å²) in [5.74, 6) is -0.215. The highest BCUT2D eigenvalue weighted by molar-refractivity contribution is 7.21. The van der Waals surface area contributed by atoms with E-state index in [0.29, 0.717) is 20.6 Å². The largest absolute Gasteiger partial charge is 0.346 e. The number of aromatic nitrogens is 2. The Hall–Kier alpha value is -1.56. The average Bonchev–Trinajstić information content (AvgIpc) is 3.06. The molecule has 0 atom stereocenters. The highest BCUT2D eigenvalue weighted by Gasteiger charge is 2.17. The van der Waals surface area contributed by atoms with Crippen LogP contribution in [0.1, 0.15) is 22.3 Å². The molecule has 4 nitrogen and oxygen atoms in total. The number of halogens is 2. The van der Waals surface area contributed by atoms with Crippen molar-refractivity contribution in [2.45, 2.75) is 20.0 Å². The maximum atomic E-state index is 12.3. The summed E-state index contributed by atoms with van der Waals surface area (Å²) in [7, 11) is 0. The summed E-state index contributed by atoms with van der Waals surface area (Å²) in [5, 5.41) is 9.05. The average molecular weight is 354 g/mol. The van der Waals surface area contributed by atoms with Gasteiger partial charge in [-0.2, -0.15) is 5.10 Å². The predicted molar refractivity (Wildman–Crippen MR) is 90.9 cm³/mol. The first kappa shape index (κ1) is 15.3. The van der Waals surface area contributed by atoms with Crippen LogP contribution in [-0.4, -0.2) is 15.7 Å². The molecular weight excluding hydrogens is 341 g/mol. The molecule has 0 spiro atoms. The Morgan fingerprint density at radius 3 is 2.82 bits per heavy atom. The van der Waals surface area contributed by atoms with Gasteiger partial charge < -0.3 is 5.32 Å². The number of benzene rings is 1. The number of carbonyl (C=O) groups excluding carboxylic acids is 1. The van der Waals surface area contributed by atoms with E-state index in [1.165, 1.54) is 11.3 Å². The Morgan fingerprint density at radius 2 is 2.14 bits per heavy atom. The van der Waals surface area contributed by atoms with Crippen LogP contribution in [0.5, 0.6) is 0 Å². The van der Waals surface area contributed by atoms with Gasteiger partial charge in [0.1, 0.15) is 10.6 Å². The van der Waals surface area contributed by atoms with Crippen LogP contribution in [0.4, 0.5) is 0 Å². The summed E-state index contributed by atoms with van der Waals surface area (Å²) < 4.78 is 2.72. The Morgan fingerprint density at radius 1 is 1.36 bits per heavy atom. The van der Waals surface area contributed by atoms with Crippen molar-refractivity contribution in [1.29, 1.82) is 0 Å². The molecule has 7 heteroatoms. The van der Waals surface area contributed by atoms with Crippen LogP contribution in [0.25, 0.3) is 10.1 Å². The molecule has 2 heterocycles. The van der Waals surface area contributed by atoms with Crippen LogP contribution >= 0.6 is 34.5 Å². The standard InChI is InChI=1S/C15H13Cl2N3OS/c1-2-20-8-10(16)11(19-20)7-18-15(21)14-13(17)9-5-3-4-6-12(9)22-14/h3-6,8H,2,7H2,1H3,(H,18,21). The molecule has 0 aliphatic heterocycles. The molecule has 0 radical (unpaired) electrons. The molecule has 3 aromatic rings. The Balaban J connectivity index is 1.78. The van der Waals surface area contributed by atoms with Crippen LogP contribution < -0.4 is 5.32 Å². The Labute approximate surface area is 141 Å². The van der Waals surface area contributed by atoms with Crippen molar-refractivity contribution in [3.8, 4) is 0 Å². The van der Waals surface area contributed by atoms with Crippen molar-refractivity contribution in [1.82, 2.24) is 15.1 Å². The number of amides is 1. The van der Waals surface area contributed by atoms with E-state index in [1.807, 2.05) is 31.2 Å². The molecule has 0 aliphatic rings. The number of hydrogen-bond donors (Lipinski definition) is 1. The second-order valence-electron chi connectivity index (χ2n) is 4.70. The first-order valence-electron chi connectivity index (χ1n) is 6.77. The molecule has 22 heavy (non-hydrogen) atoms. The zero-order valence-corrected chi connectivity index (χ0v) is 14.1. The van der Waals surface area contributed by atoms with Crippen LogP contribution in [0, 0.1) is 0 Å². The summed E-state index contributed by atoms with van der Waals surface area (Å²) in [5.41, 5.74) is 0.647. The first-order chi connectivity index (χ1) is 10.6. The summed E-state index contributed by atoms with van der Waals surface area (Å²) >= 11 is 13.8. The second kappa shape index (κ2) is 6.28. The topological polar surface area (TPSA) is 46.9 Å². The van der Waals surface area contributed by atoms with Gasteiger partial charge in [0.25, 0.3) is 5.91 Å². The number of aryl methyl sites for hydroxylation is 1. The monoisotopic (exact) mass is 353 g/mol. The molecule has 3 rings (SSSR count). The van der Waals surface area contributed by atoms with Gasteiger partial charge in [0.15, 0.2) is 0 Å². The maximum Gasteiger partial charge on any atom is 0.263 e. The van der Waals surface area contributed by atoms with Crippen molar-refractivity contribution in [3.63, 3.8) is 0 Å². The molecule has 0 bridgehead atoms. The quantitative estimate of drug-likeness (QED) is 0.757. The van der Waals surface area contributed by atoms with Crippen molar-refractivity contribution < 1.29 is 4.79 Å². The van der Waals surface area contributed by atoms with Gasteiger partial charge >= 0.3 is 0 Å². The second-order valence-corrected chi connectivity index (χ2v) is 6.54. The third-order valence-corrected chi connectivity index (χ3v) is 5.26. The zero-order chi connectivity index (χ0) is 15.7. The summed E-state index contributed by atoms with van der Waals surface area (Å²) in [6.45, 7) is 2.98. The minimum atomic E-state index is -0.215. The fourth-order valence-corrected chi connectivity index (χ4v) is 3.77. The van der Waals surface area contributed by atoms with Gasteiger partial charge in [-0.25, -0.2) is 0 Å². The zero-order valence-electron chi connectivity index (χ0n) is 11.8. The highest BCUT2D eigenvalue weighted by atomic mass is 35.5. The molecule has 1 N–H and O–H groups in total. The Kier molecular flexibility index (Phi) is 4.38. The van der Waals surface area contributed by atoms with Gasteiger partial charge in [-0.1, -0.05) is 41.4 Å². The number of carbonyl (C=O) groups is 1. The van der Waals surface area contributed by atoms with Crippen LogP contribution in [-0.2, 0) is 13.1 Å². The SMILES string of the molecule is CCn1cc(Cl)c(CNC(=O)c2sc3ccccc3c2Cl)n1. The third kappa shape index (κ3) is 2.84. The van der Waals surface area contributed by atoms with Crippen molar-refractivity contribution in [3.05, 3.63) is 51.1 Å². The van der Waals surface area contributed by atoms with Gasteiger partial charge in [-0.05, 0) is 13.0 Å². The van der Waals surface area contributed by atoms with Gasteiger partial charge in [-0.15, -0.1) is 11.3 Å². The van der Waals surface area contributed by atoms with E-state index in [0.717, 1.165) is 16.6 Å². The number of nitrogens with zero attached hydrogens (tertiary/aromatic N) is 2. The molecule has 0 saturated heterocycles. The molecule has 0 aliphatic carbocycles. The van der Waals surface area contributed by atoms with Gasteiger partial charge in [0.05, 0.1) is 16.6 Å². The summed E-state index contributed by atoms with van der Waals surface area (Å²) in [6, 6.07) is 7.68. The van der Waals surface area contributed by atoms with Crippen molar-refractivity contribution >= 4 is 50.5 Å². The minimum Gasteiger partial charge on any atom is -0.346 e. The van der Waals surface area contributed by atoms with E-state index >= 15 is 0 Å². The number of hydrogen-bond acceptors (Lipinski definition) is 3. The maximum absolute atomic E-state index is 12.3. The van der Waals surface area contributed by atoms with E-state index < -0.39 is 0 Å².